The Morgan fingerprint density at radius 3 is 2.59 bits per heavy atom. The normalized spacial score (nSPS) is 12.0. The Morgan fingerprint density at radius 2 is 1.93 bits per heavy atom. The minimum absolute atomic E-state index is 0.0193. The van der Waals surface area contributed by atoms with Crippen LogP contribution in [0.3, 0.4) is 0 Å². The molecule has 1 amide bonds. The van der Waals surface area contributed by atoms with E-state index in [9.17, 15) is 14.7 Å². The summed E-state index contributed by atoms with van der Waals surface area (Å²) in [5.74, 6) is -0.206. The van der Waals surface area contributed by atoms with Gasteiger partial charge in [-0.3, -0.25) is 19.0 Å². The van der Waals surface area contributed by atoms with Gasteiger partial charge in [0.15, 0.2) is 0 Å². The standard InChI is InChI=1S/C19H23N3O5.C2H6/c1-11-6-7-14(15(24)10-11)20-17-16(18(25)21-27-9-8-23)12-4-3-5-13(12)19(26)22(17)2;1-2/h6-7,10,20,23-24H,3-5,8-9H2,1-2H3,(H,21,25);1-2H3. The van der Waals surface area contributed by atoms with Crippen LogP contribution < -0.4 is 16.4 Å². The van der Waals surface area contributed by atoms with Crippen LogP contribution in [-0.4, -0.2) is 33.9 Å². The van der Waals surface area contributed by atoms with Crippen molar-refractivity contribution in [3.8, 4) is 5.75 Å². The number of benzene rings is 1. The molecule has 1 aliphatic rings. The van der Waals surface area contributed by atoms with E-state index in [1.807, 2.05) is 26.8 Å². The van der Waals surface area contributed by atoms with Gasteiger partial charge < -0.3 is 15.5 Å². The van der Waals surface area contributed by atoms with Crippen molar-refractivity contribution in [3.63, 3.8) is 0 Å². The molecule has 0 saturated carbocycles. The minimum Gasteiger partial charge on any atom is -0.506 e. The molecule has 8 heteroatoms. The van der Waals surface area contributed by atoms with E-state index in [1.165, 1.54) is 4.57 Å². The Balaban J connectivity index is 0.00000145. The van der Waals surface area contributed by atoms with Crippen molar-refractivity contribution in [2.24, 2.45) is 7.05 Å². The topological polar surface area (TPSA) is 113 Å². The molecule has 1 aliphatic carbocycles. The molecule has 158 valence electrons. The number of fused-ring (bicyclic) bond motifs is 1. The van der Waals surface area contributed by atoms with Crippen LogP contribution in [0.4, 0.5) is 11.5 Å². The van der Waals surface area contributed by atoms with Gasteiger partial charge in [-0.2, -0.15) is 0 Å². The van der Waals surface area contributed by atoms with Crippen LogP contribution in [0.5, 0.6) is 5.75 Å². The van der Waals surface area contributed by atoms with Crippen molar-refractivity contribution in [1.82, 2.24) is 10.0 Å². The molecule has 0 atom stereocenters. The van der Waals surface area contributed by atoms with Crippen LogP contribution in [0, 0.1) is 6.92 Å². The number of aromatic hydroxyl groups is 1. The summed E-state index contributed by atoms with van der Waals surface area (Å²) in [6.45, 7) is 5.58. The van der Waals surface area contributed by atoms with E-state index in [4.69, 9.17) is 9.94 Å². The van der Waals surface area contributed by atoms with Crippen molar-refractivity contribution in [2.45, 2.75) is 40.0 Å². The molecule has 8 nitrogen and oxygen atoms in total. The van der Waals surface area contributed by atoms with E-state index in [0.717, 1.165) is 12.0 Å². The van der Waals surface area contributed by atoms with Crippen molar-refractivity contribution in [2.75, 3.05) is 18.5 Å². The maximum atomic E-state index is 12.8. The van der Waals surface area contributed by atoms with Crippen LogP contribution in [-0.2, 0) is 24.7 Å². The Kier molecular flexibility index (Phi) is 7.81. The van der Waals surface area contributed by atoms with Gasteiger partial charge in [-0.1, -0.05) is 19.9 Å². The zero-order valence-electron chi connectivity index (χ0n) is 17.3. The summed E-state index contributed by atoms with van der Waals surface area (Å²) < 4.78 is 1.38. The predicted octanol–water partition coefficient (Wildman–Crippen LogP) is 2.31. The van der Waals surface area contributed by atoms with Gasteiger partial charge in [0, 0.05) is 12.6 Å². The maximum absolute atomic E-state index is 12.8. The van der Waals surface area contributed by atoms with Gasteiger partial charge in [0.2, 0.25) is 0 Å². The second-order valence-corrected chi connectivity index (χ2v) is 6.55. The summed E-state index contributed by atoms with van der Waals surface area (Å²) in [7, 11) is 1.58. The van der Waals surface area contributed by atoms with E-state index in [-0.39, 0.29) is 30.3 Å². The molecular formula is C21H29N3O5. The third-order valence-corrected chi connectivity index (χ3v) is 4.65. The summed E-state index contributed by atoms with van der Waals surface area (Å²) in [4.78, 5) is 30.4. The summed E-state index contributed by atoms with van der Waals surface area (Å²) in [5.41, 5.74) is 5.05. The number of amides is 1. The zero-order chi connectivity index (χ0) is 21.6. The Hall–Kier alpha value is -2.84. The van der Waals surface area contributed by atoms with Crippen molar-refractivity contribution in [3.05, 3.63) is 50.8 Å². The number of aromatic nitrogens is 1. The summed E-state index contributed by atoms with van der Waals surface area (Å²) in [6, 6.07) is 5.10. The van der Waals surface area contributed by atoms with Gasteiger partial charge in [0.1, 0.15) is 11.6 Å². The van der Waals surface area contributed by atoms with Gasteiger partial charge in [0.25, 0.3) is 11.5 Å². The Morgan fingerprint density at radius 1 is 1.24 bits per heavy atom. The van der Waals surface area contributed by atoms with Crippen LogP contribution >= 0.6 is 0 Å². The molecule has 1 aromatic heterocycles. The molecule has 3 rings (SSSR count). The maximum Gasteiger partial charge on any atom is 0.278 e. The number of nitrogens with zero attached hydrogens (tertiary/aromatic N) is 1. The van der Waals surface area contributed by atoms with Crippen LogP contribution in [0.2, 0.25) is 0 Å². The number of aryl methyl sites for hydroxylation is 1. The van der Waals surface area contributed by atoms with Crippen molar-refractivity contribution < 1.29 is 19.8 Å². The first-order valence-electron chi connectivity index (χ1n) is 9.78. The van der Waals surface area contributed by atoms with E-state index >= 15 is 0 Å². The third-order valence-electron chi connectivity index (χ3n) is 4.65. The largest absolute Gasteiger partial charge is 0.506 e. The first kappa shape index (κ1) is 22.4. The van der Waals surface area contributed by atoms with E-state index in [0.29, 0.717) is 35.2 Å². The molecule has 0 fully saturated rings. The second-order valence-electron chi connectivity index (χ2n) is 6.55. The SMILES string of the molecule is CC.Cc1ccc(Nc2c(C(=O)NOCCO)c3c(c(=O)n2C)CCC3)c(O)c1. The van der Waals surface area contributed by atoms with Gasteiger partial charge >= 0.3 is 0 Å². The molecule has 0 unspecified atom stereocenters. The van der Waals surface area contributed by atoms with E-state index in [2.05, 4.69) is 10.8 Å². The fourth-order valence-corrected chi connectivity index (χ4v) is 3.35. The number of anilines is 2. The fourth-order valence-electron chi connectivity index (χ4n) is 3.35. The summed E-state index contributed by atoms with van der Waals surface area (Å²) in [6.07, 6.45) is 2.03. The fraction of sp³-hybridized carbons (Fsp3) is 0.429. The molecule has 0 bridgehead atoms. The van der Waals surface area contributed by atoms with Gasteiger partial charge in [0.05, 0.1) is 24.5 Å². The van der Waals surface area contributed by atoms with E-state index < -0.39 is 5.91 Å². The average Bonchev–Trinajstić information content (AvgIpc) is 3.19. The van der Waals surface area contributed by atoms with Crippen molar-refractivity contribution in [1.29, 1.82) is 0 Å². The number of rotatable bonds is 6. The lowest BCUT2D eigenvalue weighted by molar-refractivity contribution is 0.0168. The average molecular weight is 403 g/mol. The highest BCUT2D eigenvalue weighted by Crippen LogP contribution is 2.32. The molecule has 0 saturated heterocycles. The first-order valence-corrected chi connectivity index (χ1v) is 9.78. The lowest BCUT2D eigenvalue weighted by Crippen LogP contribution is -2.32. The summed E-state index contributed by atoms with van der Waals surface area (Å²) >= 11 is 0. The lowest BCUT2D eigenvalue weighted by Gasteiger charge is -2.20. The van der Waals surface area contributed by atoms with Crippen LogP contribution in [0.15, 0.2) is 23.0 Å². The van der Waals surface area contributed by atoms with Crippen LogP contribution in [0.25, 0.3) is 0 Å². The number of aliphatic hydroxyl groups is 1. The highest BCUT2D eigenvalue weighted by atomic mass is 16.7. The van der Waals surface area contributed by atoms with Crippen molar-refractivity contribution >= 4 is 17.4 Å². The monoisotopic (exact) mass is 403 g/mol. The third kappa shape index (κ3) is 4.78. The predicted molar refractivity (Wildman–Crippen MR) is 112 cm³/mol. The van der Waals surface area contributed by atoms with Gasteiger partial charge in [-0.05, 0) is 49.4 Å². The molecule has 2 aromatic rings. The number of hydrogen-bond acceptors (Lipinski definition) is 6. The number of hydroxylamine groups is 1. The van der Waals surface area contributed by atoms with Crippen LogP contribution in [0.1, 0.15) is 47.3 Å². The minimum atomic E-state index is -0.508. The molecule has 0 spiro atoms. The number of phenolic OH excluding ortho intramolecular Hbond substituents is 1. The smallest absolute Gasteiger partial charge is 0.278 e. The molecule has 1 aromatic carbocycles. The number of hydrogen-bond donors (Lipinski definition) is 4. The number of aliphatic hydroxyl groups excluding tert-OH is 1. The van der Waals surface area contributed by atoms with Gasteiger partial charge in [-0.25, -0.2) is 5.48 Å². The second kappa shape index (κ2) is 10.1. The zero-order valence-corrected chi connectivity index (χ0v) is 17.3. The molecule has 1 heterocycles. The van der Waals surface area contributed by atoms with E-state index in [1.54, 1.807) is 19.2 Å². The number of nitrogens with one attached hydrogen (secondary N) is 2. The number of carbonyl (C=O) groups is 1. The first-order chi connectivity index (χ1) is 13.9. The highest BCUT2D eigenvalue weighted by Gasteiger charge is 2.28. The molecular weight excluding hydrogens is 374 g/mol. The molecule has 29 heavy (non-hydrogen) atoms. The molecule has 4 N–H and O–H groups in total. The number of carbonyl (C=O) groups excluding carboxylic acids is 1. The molecule has 0 aliphatic heterocycles. The Labute approximate surface area is 170 Å². The molecule has 0 radical (unpaired) electrons. The summed E-state index contributed by atoms with van der Waals surface area (Å²) in [5, 5.41) is 22.1. The quantitative estimate of drug-likeness (QED) is 0.334. The van der Waals surface area contributed by atoms with Gasteiger partial charge in [-0.15, -0.1) is 0 Å². The number of phenols is 1. The lowest BCUT2D eigenvalue weighted by atomic mass is 10.0. The Bertz CT molecular complexity index is 937. The number of pyridine rings is 1. The highest BCUT2D eigenvalue weighted by molar-refractivity contribution is 6.01.